The number of carbonyl (C=O) groups is 1. The fraction of sp³-hybridized carbons (Fsp3) is 0.900. The van der Waals surface area contributed by atoms with E-state index in [0.29, 0.717) is 19.8 Å². The van der Waals surface area contributed by atoms with E-state index in [0.717, 1.165) is 13.1 Å². The zero-order valence-electron chi connectivity index (χ0n) is 9.06. The van der Waals surface area contributed by atoms with Crippen molar-refractivity contribution < 1.29 is 19.7 Å². The summed E-state index contributed by atoms with van der Waals surface area (Å²) in [6.45, 7) is 5.08. The molecule has 0 saturated carbocycles. The molecule has 0 aromatic heterocycles. The maximum atomic E-state index is 10.8. The Balaban J connectivity index is 2.20. The van der Waals surface area contributed by atoms with E-state index < -0.39 is 5.97 Å². The lowest BCUT2D eigenvalue weighted by Gasteiger charge is -2.14. The van der Waals surface area contributed by atoms with Gasteiger partial charge in [-0.2, -0.15) is 0 Å². The number of aliphatic carboxylic acids is 1. The standard InChI is InChI=1S/C10H19NO4/c1-8-6-11(2-4-15-5-3-12)7-9(8)10(13)14/h8-9,12H,2-7H2,1H3,(H,13,14). The molecule has 0 aromatic rings. The molecule has 1 aliphatic heterocycles. The van der Waals surface area contributed by atoms with Gasteiger partial charge in [-0.3, -0.25) is 9.69 Å². The molecule has 1 heterocycles. The first-order valence-corrected chi connectivity index (χ1v) is 5.29. The summed E-state index contributed by atoms with van der Waals surface area (Å²) in [5.74, 6) is -0.746. The van der Waals surface area contributed by atoms with E-state index in [4.69, 9.17) is 14.9 Å². The molecule has 5 heteroatoms. The Hall–Kier alpha value is -0.650. The van der Waals surface area contributed by atoms with Gasteiger partial charge in [0.2, 0.25) is 0 Å². The van der Waals surface area contributed by atoms with Gasteiger partial charge in [-0.25, -0.2) is 0 Å². The number of nitrogens with zero attached hydrogens (tertiary/aromatic N) is 1. The minimum absolute atomic E-state index is 0.0359. The normalized spacial score (nSPS) is 27.1. The molecule has 0 spiro atoms. The van der Waals surface area contributed by atoms with Gasteiger partial charge in [-0.05, 0) is 5.92 Å². The van der Waals surface area contributed by atoms with Crippen LogP contribution in [0.3, 0.4) is 0 Å². The van der Waals surface area contributed by atoms with E-state index in [1.54, 1.807) is 0 Å². The molecule has 1 fully saturated rings. The highest BCUT2D eigenvalue weighted by Gasteiger charge is 2.34. The van der Waals surface area contributed by atoms with Gasteiger partial charge in [-0.1, -0.05) is 6.92 Å². The van der Waals surface area contributed by atoms with Crippen molar-refractivity contribution in [2.24, 2.45) is 11.8 Å². The average Bonchev–Trinajstić information content (AvgIpc) is 2.55. The van der Waals surface area contributed by atoms with Gasteiger partial charge >= 0.3 is 5.97 Å². The van der Waals surface area contributed by atoms with Crippen LogP contribution in [0.25, 0.3) is 0 Å². The Morgan fingerprint density at radius 3 is 2.73 bits per heavy atom. The molecule has 0 bridgehead atoms. The number of hydrogen-bond acceptors (Lipinski definition) is 4. The van der Waals surface area contributed by atoms with E-state index in [1.807, 2.05) is 6.92 Å². The van der Waals surface area contributed by atoms with Gasteiger partial charge in [0.1, 0.15) is 0 Å². The van der Waals surface area contributed by atoms with Crippen LogP contribution in [0.15, 0.2) is 0 Å². The van der Waals surface area contributed by atoms with Crippen molar-refractivity contribution in [3.8, 4) is 0 Å². The summed E-state index contributed by atoms with van der Waals surface area (Å²) in [6.07, 6.45) is 0. The van der Waals surface area contributed by atoms with Crippen molar-refractivity contribution in [1.29, 1.82) is 0 Å². The molecule has 5 nitrogen and oxygen atoms in total. The summed E-state index contributed by atoms with van der Waals surface area (Å²) in [5, 5.41) is 17.4. The SMILES string of the molecule is CC1CN(CCOCCO)CC1C(=O)O. The van der Waals surface area contributed by atoms with Crippen LogP contribution < -0.4 is 0 Å². The first-order valence-electron chi connectivity index (χ1n) is 5.29. The smallest absolute Gasteiger partial charge is 0.308 e. The third-order valence-corrected chi connectivity index (χ3v) is 2.79. The Bertz CT molecular complexity index is 210. The second kappa shape index (κ2) is 6.05. The molecule has 2 unspecified atom stereocenters. The van der Waals surface area contributed by atoms with E-state index >= 15 is 0 Å². The molecule has 0 aliphatic carbocycles. The van der Waals surface area contributed by atoms with E-state index in [1.165, 1.54) is 0 Å². The molecular weight excluding hydrogens is 198 g/mol. The van der Waals surface area contributed by atoms with Crippen molar-refractivity contribution in [3.05, 3.63) is 0 Å². The third-order valence-electron chi connectivity index (χ3n) is 2.79. The maximum Gasteiger partial charge on any atom is 0.308 e. The maximum absolute atomic E-state index is 10.8. The largest absolute Gasteiger partial charge is 0.481 e. The van der Waals surface area contributed by atoms with Crippen LogP contribution >= 0.6 is 0 Å². The number of aliphatic hydroxyl groups is 1. The molecule has 1 rings (SSSR count). The van der Waals surface area contributed by atoms with Crippen LogP contribution in [0.1, 0.15) is 6.92 Å². The lowest BCUT2D eigenvalue weighted by Crippen LogP contribution is -2.27. The van der Waals surface area contributed by atoms with Crippen LogP contribution in [0, 0.1) is 11.8 Å². The lowest BCUT2D eigenvalue weighted by molar-refractivity contribution is -0.142. The van der Waals surface area contributed by atoms with Gasteiger partial charge in [0.25, 0.3) is 0 Å². The quantitative estimate of drug-likeness (QED) is 0.595. The molecule has 2 N–H and O–H groups in total. The lowest BCUT2D eigenvalue weighted by atomic mass is 9.99. The molecule has 88 valence electrons. The van der Waals surface area contributed by atoms with E-state index in [9.17, 15) is 4.79 Å². The topological polar surface area (TPSA) is 70.0 Å². The first-order chi connectivity index (χ1) is 7.15. The second-order valence-corrected chi connectivity index (χ2v) is 4.02. The minimum atomic E-state index is -0.707. The predicted molar refractivity (Wildman–Crippen MR) is 54.6 cm³/mol. The van der Waals surface area contributed by atoms with E-state index in [2.05, 4.69) is 4.90 Å². The highest BCUT2D eigenvalue weighted by molar-refractivity contribution is 5.71. The molecule has 1 aliphatic rings. The van der Waals surface area contributed by atoms with Crippen molar-refractivity contribution in [2.75, 3.05) is 39.5 Å². The Labute approximate surface area is 89.6 Å². The summed E-state index contributed by atoms with van der Waals surface area (Å²) >= 11 is 0. The van der Waals surface area contributed by atoms with Crippen molar-refractivity contribution >= 4 is 5.97 Å². The predicted octanol–water partition coefficient (Wildman–Crippen LogP) is -0.352. The van der Waals surface area contributed by atoms with Crippen LogP contribution in [0.2, 0.25) is 0 Å². The number of aliphatic hydroxyl groups excluding tert-OH is 1. The molecule has 0 radical (unpaired) electrons. The van der Waals surface area contributed by atoms with Crippen molar-refractivity contribution in [1.82, 2.24) is 4.90 Å². The summed E-state index contributed by atoms with van der Waals surface area (Å²) in [5.41, 5.74) is 0. The fourth-order valence-electron chi connectivity index (χ4n) is 1.93. The summed E-state index contributed by atoms with van der Waals surface area (Å²) < 4.78 is 5.14. The highest BCUT2D eigenvalue weighted by atomic mass is 16.5. The van der Waals surface area contributed by atoms with Crippen molar-refractivity contribution in [3.63, 3.8) is 0 Å². The van der Waals surface area contributed by atoms with Gasteiger partial charge in [0.15, 0.2) is 0 Å². The summed E-state index contributed by atoms with van der Waals surface area (Å²) in [7, 11) is 0. The fourth-order valence-corrected chi connectivity index (χ4v) is 1.93. The number of ether oxygens (including phenoxy) is 1. The monoisotopic (exact) mass is 217 g/mol. The molecule has 1 saturated heterocycles. The third kappa shape index (κ3) is 3.77. The summed E-state index contributed by atoms with van der Waals surface area (Å²) in [6, 6.07) is 0. The number of likely N-dealkylation sites (tertiary alicyclic amines) is 1. The van der Waals surface area contributed by atoms with Crippen LogP contribution in [-0.2, 0) is 9.53 Å². The number of carboxylic acids is 1. The molecule has 0 amide bonds. The van der Waals surface area contributed by atoms with Gasteiger partial charge in [-0.15, -0.1) is 0 Å². The Morgan fingerprint density at radius 2 is 2.20 bits per heavy atom. The van der Waals surface area contributed by atoms with Gasteiger partial charge in [0, 0.05) is 19.6 Å². The van der Waals surface area contributed by atoms with Crippen LogP contribution in [0.4, 0.5) is 0 Å². The van der Waals surface area contributed by atoms with Gasteiger partial charge < -0.3 is 14.9 Å². The van der Waals surface area contributed by atoms with Crippen LogP contribution in [0.5, 0.6) is 0 Å². The van der Waals surface area contributed by atoms with E-state index in [-0.39, 0.29) is 18.4 Å². The average molecular weight is 217 g/mol. The highest BCUT2D eigenvalue weighted by Crippen LogP contribution is 2.22. The van der Waals surface area contributed by atoms with Gasteiger partial charge in [0.05, 0.1) is 25.7 Å². The number of hydrogen-bond donors (Lipinski definition) is 2. The molecule has 2 atom stereocenters. The molecular formula is C10H19NO4. The first kappa shape index (κ1) is 12.4. The summed E-state index contributed by atoms with van der Waals surface area (Å²) in [4.78, 5) is 12.9. The number of rotatable bonds is 6. The van der Waals surface area contributed by atoms with Crippen molar-refractivity contribution in [2.45, 2.75) is 6.92 Å². The second-order valence-electron chi connectivity index (χ2n) is 4.02. The molecule has 15 heavy (non-hydrogen) atoms. The number of carboxylic acid groups (broad SMARTS) is 1. The van der Waals surface area contributed by atoms with Crippen LogP contribution in [-0.4, -0.2) is 60.5 Å². The zero-order chi connectivity index (χ0) is 11.3. The molecule has 0 aromatic carbocycles. The minimum Gasteiger partial charge on any atom is -0.481 e. The Kier molecular flexibility index (Phi) is 5.01. The zero-order valence-corrected chi connectivity index (χ0v) is 9.06. The Morgan fingerprint density at radius 1 is 1.47 bits per heavy atom.